The Labute approximate surface area is 88.0 Å². The second-order valence-corrected chi connectivity index (χ2v) is 5.61. The van der Waals surface area contributed by atoms with Crippen molar-refractivity contribution in [3.05, 3.63) is 0 Å². The van der Waals surface area contributed by atoms with Crippen LogP contribution in [0, 0.1) is 0 Å². The molecule has 0 spiro atoms. The monoisotopic (exact) mass is 238 g/mol. The zero-order chi connectivity index (χ0) is 11.7. The molecule has 15 heavy (non-hydrogen) atoms. The molecule has 1 N–H and O–H groups in total. The van der Waals surface area contributed by atoms with E-state index in [0.717, 1.165) is 6.66 Å². The average Bonchev–Trinajstić information content (AvgIpc) is 2.61. The van der Waals surface area contributed by atoms with Gasteiger partial charge in [0.25, 0.3) is 0 Å². The molecule has 0 aromatic carbocycles. The molecule has 7 heteroatoms. The summed E-state index contributed by atoms with van der Waals surface area (Å²) in [5.74, 6) is -1.25. The second-order valence-electron chi connectivity index (χ2n) is 3.82. The van der Waals surface area contributed by atoms with E-state index in [2.05, 4.69) is 0 Å². The summed E-state index contributed by atoms with van der Waals surface area (Å²) in [7, 11) is -3.65. The zero-order valence-corrected chi connectivity index (χ0v) is 9.82. The Hall–Kier alpha value is -0.580. The van der Waals surface area contributed by atoms with Gasteiger partial charge < -0.3 is 14.4 Å². The highest BCUT2D eigenvalue weighted by Gasteiger charge is 2.52. The summed E-state index contributed by atoms with van der Waals surface area (Å²) < 4.78 is 25.3. The number of hydrogen-bond acceptors (Lipinski definition) is 5. The highest BCUT2D eigenvalue weighted by atomic mass is 31.2. The van der Waals surface area contributed by atoms with Crippen molar-refractivity contribution in [2.75, 3.05) is 6.66 Å². The van der Waals surface area contributed by atoms with Gasteiger partial charge in [-0.15, -0.1) is 0 Å². The molecule has 0 heterocycles. The fourth-order valence-electron chi connectivity index (χ4n) is 0.991. The van der Waals surface area contributed by atoms with Crippen molar-refractivity contribution in [2.45, 2.75) is 38.6 Å². The van der Waals surface area contributed by atoms with Crippen molar-refractivity contribution in [1.82, 2.24) is 0 Å². The van der Waals surface area contributed by atoms with Gasteiger partial charge >= 0.3 is 13.8 Å². The number of rotatable bonds is 4. The molecule has 1 fully saturated rings. The molecule has 1 aliphatic rings. The van der Waals surface area contributed by atoms with E-state index in [4.69, 9.17) is 18.9 Å². The third-order valence-corrected chi connectivity index (χ3v) is 2.27. The van der Waals surface area contributed by atoms with Crippen LogP contribution in [0.2, 0.25) is 0 Å². The van der Waals surface area contributed by atoms with Gasteiger partial charge in [-0.2, -0.15) is 0 Å². The maximum absolute atomic E-state index is 11.1. The summed E-state index contributed by atoms with van der Waals surface area (Å²) >= 11 is 0. The van der Waals surface area contributed by atoms with Crippen LogP contribution in [0.25, 0.3) is 0 Å². The zero-order valence-electron chi connectivity index (χ0n) is 8.93. The van der Waals surface area contributed by atoms with Crippen LogP contribution in [-0.2, 0) is 18.6 Å². The molecule has 1 rings (SSSR count). The maximum Gasteiger partial charge on any atom is 0.511 e. The first-order chi connectivity index (χ1) is 6.72. The number of carbonyl (C=O) groups excluding carboxylic acids is 1. The Morgan fingerprint density at radius 3 is 2.33 bits per heavy atom. The minimum atomic E-state index is -3.65. The number of hydrogen-bond donors (Lipinski definition) is 1. The smallest absolute Gasteiger partial charge is 0.432 e. The molecule has 0 aromatic heterocycles. The first-order valence-electron chi connectivity index (χ1n) is 4.63. The predicted octanol–water partition coefficient (Wildman–Crippen LogP) is 1.87. The van der Waals surface area contributed by atoms with Crippen molar-refractivity contribution in [2.24, 2.45) is 0 Å². The van der Waals surface area contributed by atoms with Gasteiger partial charge in [0.2, 0.25) is 5.79 Å². The molecular weight excluding hydrogens is 223 g/mol. The van der Waals surface area contributed by atoms with Crippen molar-refractivity contribution < 1.29 is 28.3 Å². The van der Waals surface area contributed by atoms with Crippen molar-refractivity contribution in [1.29, 1.82) is 0 Å². The van der Waals surface area contributed by atoms with Gasteiger partial charge in [0.05, 0.1) is 6.10 Å². The van der Waals surface area contributed by atoms with E-state index in [0.29, 0.717) is 12.8 Å². The molecule has 1 unspecified atom stereocenters. The summed E-state index contributed by atoms with van der Waals surface area (Å²) in [6.45, 7) is 4.40. The summed E-state index contributed by atoms with van der Waals surface area (Å²) in [6.07, 6.45) is -0.344. The lowest BCUT2D eigenvalue weighted by atomic mass is 10.5. The van der Waals surface area contributed by atoms with Gasteiger partial charge in [-0.25, -0.2) is 4.79 Å². The second kappa shape index (κ2) is 4.12. The molecule has 1 atom stereocenters. The summed E-state index contributed by atoms with van der Waals surface area (Å²) in [5.41, 5.74) is 0. The molecule has 6 nitrogen and oxygen atoms in total. The fourth-order valence-corrected chi connectivity index (χ4v) is 1.83. The molecule has 0 radical (unpaired) electrons. The van der Waals surface area contributed by atoms with E-state index in [1.165, 1.54) is 0 Å². The first-order valence-corrected chi connectivity index (χ1v) is 6.66. The fraction of sp³-hybridized carbons (Fsp3) is 0.875. The normalized spacial score (nSPS) is 21.9. The molecule has 1 aliphatic carbocycles. The molecular formula is C8H15O6P. The summed E-state index contributed by atoms with van der Waals surface area (Å²) in [4.78, 5) is 20.1. The van der Waals surface area contributed by atoms with Gasteiger partial charge in [0, 0.05) is 19.5 Å². The summed E-state index contributed by atoms with van der Waals surface area (Å²) in [6, 6.07) is 0. The highest BCUT2D eigenvalue weighted by molar-refractivity contribution is 7.51. The maximum atomic E-state index is 11.1. The standard InChI is InChI=1S/C8H15O6P/c1-6(2)12-7(9)13-8(4-5-8)14-15(3,10)11/h6H,4-5H2,1-3H3,(H,10,11). The van der Waals surface area contributed by atoms with Gasteiger partial charge in [-0.3, -0.25) is 9.09 Å². The van der Waals surface area contributed by atoms with Crippen LogP contribution in [0.5, 0.6) is 0 Å². The molecule has 1 saturated carbocycles. The first kappa shape index (κ1) is 12.5. The van der Waals surface area contributed by atoms with E-state index < -0.39 is 19.5 Å². The van der Waals surface area contributed by atoms with E-state index in [-0.39, 0.29) is 6.10 Å². The van der Waals surface area contributed by atoms with Crippen LogP contribution in [0.4, 0.5) is 4.79 Å². The highest BCUT2D eigenvalue weighted by Crippen LogP contribution is 2.53. The van der Waals surface area contributed by atoms with Crippen LogP contribution in [0.15, 0.2) is 0 Å². The van der Waals surface area contributed by atoms with Crippen molar-refractivity contribution in [3.63, 3.8) is 0 Å². The van der Waals surface area contributed by atoms with E-state index in [1.54, 1.807) is 13.8 Å². The van der Waals surface area contributed by atoms with Gasteiger partial charge in [0.15, 0.2) is 0 Å². The Morgan fingerprint density at radius 1 is 1.47 bits per heavy atom. The largest absolute Gasteiger partial charge is 0.511 e. The van der Waals surface area contributed by atoms with Crippen LogP contribution >= 0.6 is 7.60 Å². The minimum Gasteiger partial charge on any atom is -0.432 e. The quantitative estimate of drug-likeness (QED) is 0.457. The molecule has 0 saturated heterocycles. The molecule has 0 aromatic rings. The lowest BCUT2D eigenvalue weighted by Crippen LogP contribution is -2.24. The SMILES string of the molecule is CC(C)OC(=O)OC1(OP(C)(=O)O)CC1. The van der Waals surface area contributed by atoms with Crippen molar-refractivity contribution in [3.8, 4) is 0 Å². The molecule has 0 amide bonds. The van der Waals surface area contributed by atoms with Crippen molar-refractivity contribution >= 4 is 13.8 Å². The molecule has 88 valence electrons. The van der Waals surface area contributed by atoms with Gasteiger partial charge in [-0.05, 0) is 13.8 Å². The van der Waals surface area contributed by atoms with E-state index in [9.17, 15) is 9.36 Å². The topological polar surface area (TPSA) is 82.1 Å². The molecule has 0 aliphatic heterocycles. The van der Waals surface area contributed by atoms with Crippen LogP contribution < -0.4 is 0 Å². The van der Waals surface area contributed by atoms with E-state index >= 15 is 0 Å². The van der Waals surface area contributed by atoms with Gasteiger partial charge in [0.1, 0.15) is 0 Å². The molecule has 0 bridgehead atoms. The lowest BCUT2D eigenvalue weighted by molar-refractivity contribution is -0.0933. The Kier molecular flexibility index (Phi) is 3.43. The predicted molar refractivity (Wildman–Crippen MR) is 51.5 cm³/mol. The Bertz CT molecular complexity index is 290. The Morgan fingerprint density at radius 2 is 2.00 bits per heavy atom. The van der Waals surface area contributed by atoms with E-state index in [1.807, 2.05) is 0 Å². The number of carbonyl (C=O) groups is 1. The van der Waals surface area contributed by atoms with Crippen LogP contribution in [-0.4, -0.2) is 29.6 Å². The van der Waals surface area contributed by atoms with Crippen LogP contribution in [0.3, 0.4) is 0 Å². The average molecular weight is 238 g/mol. The van der Waals surface area contributed by atoms with Gasteiger partial charge in [-0.1, -0.05) is 0 Å². The third kappa shape index (κ3) is 4.64. The summed E-state index contributed by atoms with van der Waals surface area (Å²) in [5, 5.41) is 0. The third-order valence-electron chi connectivity index (χ3n) is 1.60. The Balaban J connectivity index is 2.44. The number of ether oxygens (including phenoxy) is 2. The lowest BCUT2D eigenvalue weighted by Gasteiger charge is -2.18. The minimum absolute atomic E-state index is 0.296. The van der Waals surface area contributed by atoms with Crippen LogP contribution in [0.1, 0.15) is 26.7 Å².